The maximum Gasteiger partial charge on any atom is 1.00 e. The summed E-state index contributed by atoms with van der Waals surface area (Å²) in [6.07, 6.45) is 8.29. The van der Waals surface area contributed by atoms with Crippen LogP contribution in [0.3, 0.4) is 0 Å². The smallest absolute Gasteiger partial charge is 0.756 e. The third kappa shape index (κ3) is 18.3. The monoisotopic (exact) mass is 408 g/mol. The van der Waals surface area contributed by atoms with Crippen molar-refractivity contribution >= 4 is 30.2 Å². The summed E-state index contributed by atoms with van der Waals surface area (Å²) in [6, 6.07) is 0. The van der Waals surface area contributed by atoms with Crippen molar-refractivity contribution in [1.82, 2.24) is 0 Å². The van der Waals surface area contributed by atoms with Gasteiger partial charge in [-0.05, 0) is 24.7 Å². The molecule has 0 spiro atoms. The van der Waals surface area contributed by atoms with Crippen LogP contribution in [0.15, 0.2) is 0 Å². The average molecular weight is 409 g/mol. The zero-order chi connectivity index (χ0) is 18.1. The van der Waals surface area contributed by atoms with Crippen LogP contribution in [0.5, 0.6) is 0 Å². The first-order valence-electron chi connectivity index (χ1n) is 8.75. The molecule has 140 valence electrons. The quantitative estimate of drug-likeness (QED) is 0.323. The van der Waals surface area contributed by atoms with E-state index >= 15 is 0 Å². The minimum Gasteiger partial charge on any atom is -0.756 e. The second-order valence-corrected chi connectivity index (χ2v) is 7.26. The Balaban J connectivity index is -0.00000141. The summed E-state index contributed by atoms with van der Waals surface area (Å²) < 4.78 is 21.8. The van der Waals surface area contributed by atoms with E-state index in [2.05, 4.69) is 50.1 Å². The van der Waals surface area contributed by atoms with E-state index in [-0.39, 0.29) is 42.8 Å². The molecule has 0 amide bonds. The first-order chi connectivity index (χ1) is 11.0. The fourth-order valence-electron chi connectivity index (χ4n) is 2.42. The molecular weight excluding hydrogens is 374 g/mol. The molecule has 0 aliphatic carbocycles. The molecule has 4 nitrogen and oxygen atoms in total. The molecule has 0 aromatic carbocycles. The third-order valence-corrected chi connectivity index (χ3v) is 5.03. The van der Waals surface area contributed by atoms with E-state index in [1.54, 1.807) is 0 Å². The van der Waals surface area contributed by atoms with Gasteiger partial charge >= 0.3 is 29.6 Å². The van der Waals surface area contributed by atoms with Gasteiger partial charge in [0.25, 0.3) is 7.82 Å². The van der Waals surface area contributed by atoms with Gasteiger partial charge in [0.2, 0.25) is 0 Å². The zero-order valence-electron chi connectivity index (χ0n) is 16.1. The summed E-state index contributed by atoms with van der Waals surface area (Å²) in [6.45, 7) is 8.97. The largest absolute Gasteiger partial charge is 1.00 e. The van der Waals surface area contributed by atoms with E-state index < -0.39 is 7.82 Å². The van der Waals surface area contributed by atoms with Crippen LogP contribution in [0.4, 0.5) is 0 Å². The van der Waals surface area contributed by atoms with Gasteiger partial charge in [-0.15, -0.1) is 0 Å². The van der Waals surface area contributed by atoms with Crippen LogP contribution >= 0.6 is 7.82 Å². The Morgan fingerprint density at radius 1 is 0.917 bits per heavy atom. The second-order valence-electron chi connectivity index (χ2n) is 5.84. The van der Waals surface area contributed by atoms with Crippen LogP contribution in [0, 0.1) is 11.8 Å². The minimum absolute atomic E-state index is 0. The Bertz CT molecular complexity index is 312. The third-order valence-electron chi connectivity index (χ3n) is 4.06. The molecule has 0 bridgehead atoms. The summed E-state index contributed by atoms with van der Waals surface area (Å²) in [5.41, 5.74) is 0. The minimum atomic E-state index is -4.13. The Morgan fingerprint density at radius 3 is 1.96 bits per heavy atom. The SMILES string of the molecule is CCCCC(CC)COP(=O)([O-])OCCC(CC)CCC.S=S.[Na+]. The van der Waals surface area contributed by atoms with Crippen LogP contribution in [0.1, 0.15) is 79.1 Å². The van der Waals surface area contributed by atoms with Crippen molar-refractivity contribution in [1.29, 1.82) is 0 Å². The number of phosphoric acid groups is 1. The molecule has 3 unspecified atom stereocenters. The van der Waals surface area contributed by atoms with Crippen molar-refractivity contribution in [3.63, 3.8) is 0 Å². The van der Waals surface area contributed by atoms with E-state index in [1.165, 1.54) is 0 Å². The fourth-order valence-corrected chi connectivity index (χ4v) is 3.22. The first kappa shape index (κ1) is 30.3. The van der Waals surface area contributed by atoms with E-state index in [0.717, 1.165) is 51.4 Å². The topological polar surface area (TPSA) is 58.6 Å². The summed E-state index contributed by atoms with van der Waals surface area (Å²) in [4.78, 5) is 11.7. The van der Waals surface area contributed by atoms with Crippen molar-refractivity contribution in [3.05, 3.63) is 0 Å². The van der Waals surface area contributed by atoms with Gasteiger partial charge in [0.15, 0.2) is 0 Å². The van der Waals surface area contributed by atoms with Crippen molar-refractivity contribution < 1.29 is 48.1 Å². The van der Waals surface area contributed by atoms with Gasteiger partial charge in [-0.3, -0.25) is 4.57 Å². The number of rotatable bonds is 14. The maximum atomic E-state index is 11.7. The Labute approximate surface area is 181 Å². The molecule has 0 aromatic rings. The van der Waals surface area contributed by atoms with Gasteiger partial charge in [-0.1, -0.05) is 66.2 Å². The van der Waals surface area contributed by atoms with E-state index in [1.807, 2.05) is 0 Å². The molecule has 24 heavy (non-hydrogen) atoms. The summed E-state index contributed by atoms with van der Waals surface area (Å²) in [5.74, 6) is 0.849. The van der Waals surface area contributed by atoms with Gasteiger partial charge in [-0.25, -0.2) is 0 Å². The van der Waals surface area contributed by atoms with Crippen LogP contribution in [0.2, 0.25) is 0 Å². The van der Waals surface area contributed by atoms with Crippen LogP contribution in [0.25, 0.3) is 0 Å². The summed E-state index contributed by atoms with van der Waals surface area (Å²) >= 11 is 7.33. The van der Waals surface area contributed by atoms with Crippen LogP contribution in [-0.2, 0) is 36.0 Å². The molecule has 0 saturated heterocycles. The van der Waals surface area contributed by atoms with Gasteiger partial charge in [0.1, 0.15) is 0 Å². The Kier molecular flexibility index (Phi) is 26.3. The van der Waals surface area contributed by atoms with Gasteiger partial charge in [0, 0.05) is 22.4 Å². The molecule has 0 aliphatic heterocycles. The van der Waals surface area contributed by atoms with E-state index in [9.17, 15) is 9.46 Å². The van der Waals surface area contributed by atoms with E-state index in [0.29, 0.717) is 11.8 Å². The molecule has 0 aromatic heterocycles. The molecule has 0 radical (unpaired) electrons. The molecule has 0 heterocycles. The Hall–Kier alpha value is 1.55. The predicted molar refractivity (Wildman–Crippen MR) is 101 cm³/mol. The van der Waals surface area contributed by atoms with Crippen molar-refractivity contribution in [2.24, 2.45) is 11.8 Å². The molecule has 0 aliphatic rings. The molecule has 8 heteroatoms. The second kappa shape index (κ2) is 20.9. The molecule has 3 atom stereocenters. The van der Waals surface area contributed by atoms with Crippen molar-refractivity contribution in [2.45, 2.75) is 79.1 Å². The molecule has 0 fully saturated rings. The first-order valence-corrected chi connectivity index (χ1v) is 11.5. The molecule has 0 N–H and O–H groups in total. The predicted octanol–water partition coefficient (Wildman–Crippen LogP) is 1.92. The number of hydrogen-bond acceptors (Lipinski definition) is 6. The number of hydrogen-bond donors (Lipinski definition) is 0. The van der Waals surface area contributed by atoms with Crippen molar-refractivity contribution in [3.8, 4) is 0 Å². The normalized spacial score (nSPS) is 15.4. The summed E-state index contributed by atoms with van der Waals surface area (Å²) in [5, 5.41) is 0. The Morgan fingerprint density at radius 2 is 1.50 bits per heavy atom. The average Bonchev–Trinajstić information content (AvgIpc) is 2.56. The standard InChI is InChI=1S/C16H35O4P.Na.S2/c1-5-9-11-16(8-4)14-20-21(17,18)19-13-12-15(7-3)10-6-2;;1-2/h15-16H,5-14H2,1-4H3,(H,17,18);;/q;+1;/p-1. The maximum absolute atomic E-state index is 11.7. The van der Waals surface area contributed by atoms with Crippen LogP contribution < -0.4 is 34.5 Å². The molecular formula is C16H34NaO4PS2. The fraction of sp³-hybridized carbons (Fsp3) is 1.00. The van der Waals surface area contributed by atoms with Crippen molar-refractivity contribution in [2.75, 3.05) is 13.2 Å². The zero-order valence-corrected chi connectivity index (χ0v) is 20.6. The van der Waals surface area contributed by atoms with Gasteiger partial charge in [-0.2, -0.15) is 0 Å². The number of unbranched alkanes of at least 4 members (excludes halogenated alkanes) is 1. The van der Waals surface area contributed by atoms with Gasteiger partial charge < -0.3 is 13.9 Å². The summed E-state index contributed by atoms with van der Waals surface area (Å²) in [7, 11) is -4.13. The van der Waals surface area contributed by atoms with Gasteiger partial charge in [0.05, 0.1) is 13.2 Å². The van der Waals surface area contributed by atoms with E-state index in [4.69, 9.17) is 9.05 Å². The number of phosphoric ester groups is 1. The van der Waals surface area contributed by atoms with Crippen LogP contribution in [-0.4, -0.2) is 13.2 Å². The molecule has 0 saturated carbocycles. The molecule has 0 rings (SSSR count).